The third kappa shape index (κ3) is 1.88. The Balaban J connectivity index is 2.32. The van der Waals surface area contributed by atoms with Crippen molar-refractivity contribution in [2.24, 2.45) is 0 Å². The first-order valence-electron chi connectivity index (χ1n) is 6.03. The van der Waals surface area contributed by atoms with Crippen LogP contribution in [0.3, 0.4) is 0 Å². The second kappa shape index (κ2) is 4.31. The first kappa shape index (κ1) is 12.1. The monoisotopic (exact) mass is 272 g/mol. The Hall–Kier alpha value is -1.94. The minimum Gasteiger partial charge on any atom is -0.191 e. The molecule has 0 spiro atoms. The fourth-order valence-corrected chi connectivity index (χ4v) is 2.28. The lowest BCUT2D eigenvalue weighted by Gasteiger charge is -2.05. The normalized spacial score (nSPS) is 11.2. The summed E-state index contributed by atoms with van der Waals surface area (Å²) in [5.41, 5.74) is 4.85. The Morgan fingerprint density at radius 1 is 1.05 bits per heavy atom. The van der Waals surface area contributed by atoms with E-state index in [1.807, 2.05) is 39.0 Å². The molecule has 0 aliphatic rings. The average Bonchev–Trinajstić information content (AvgIpc) is 2.80. The Labute approximate surface area is 116 Å². The summed E-state index contributed by atoms with van der Waals surface area (Å²) in [4.78, 5) is 0. The van der Waals surface area contributed by atoms with Crippen molar-refractivity contribution in [3.63, 3.8) is 0 Å². The molecule has 2 heterocycles. The summed E-state index contributed by atoms with van der Waals surface area (Å²) in [6, 6.07) is 8.09. The number of benzene rings is 1. The van der Waals surface area contributed by atoms with E-state index in [9.17, 15) is 0 Å². The summed E-state index contributed by atoms with van der Waals surface area (Å²) in [6.07, 6.45) is 0. The van der Waals surface area contributed by atoms with Crippen molar-refractivity contribution < 1.29 is 0 Å². The van der Waals surface area contributed by atoms with E-state index >= 15 is 0 Å². The topological polar surface area (TPSA) is 43.1 Å². The van der Waals surface area contributed by atoms with Gasteiger partial charge in [-0.3, -0.25) is 0 Å². The third-order valence-corrected chi connectivity index (χ3v) is 3.67. The molecule has 0 radical (unpaired) electrons. The third-order valence-electron chi connectivity index (χ3n) is 3.31. The first-order valence-corrected chi connectivity index (χ1v) is 6.41. The highest BCUT2D eigenvalue weighted by Gasteiger charge is 2.14. The van der Waals surface area contributed by atoms with Crippen LogP contribution in [0.15, 0.2) is 24.3 Å². The largest absolute Gasteiger partial charge is 0.191 e. The number of fused-ring (bicyclic) bond motifs is 1. The molecule has 96 valence electrons. The fourth-order valence-electron chi connectivity index (χ4n) is 2.06. The van der Waals surface area contributed by atoms with Gasteiger partial charge in [-0.2, -0.15) is 9.61 Å². The zero-order valence-corrected chi connectivity index (χ0v) is 11.7. The van der Waals surface area contributed by atoms with E-state index in [1.54, 1.807) is 4.52 Å². The van der Waals surface area contributed by atoms with Gasteiger partial charge < -0.3 is 0 Å². The van der Waals surface area contributed by atoms with Gasteiger partial charge in [0.1, 0.15) is 0 Å². The van der Waals surface area contributed by atoms with Gasteiger partial charge in [0.15, 0.2) is 16.6 Å². The maximum absolute atomic E-state index is 6.15. The molecule has 3 rings (SSSR count). The highest BCUT2D eigenvalue weighted by atomic mass is 35.5. The molecule has 0 fully saturated rings. The van der Waals surface area contributed by atoms with Crippen LogP contribution in [0.4, 0.5) is 0 Å². The van der Waals surface area contributed by atoms with E-state index in [0.717, 1.165) is 22.3 Å². The second-order valence-electron chi connectivity index (χ2n) is 4.67. The van der Waals surface area contributed by atoms with E-state index < -0.39 is 0 Å². The number of aryl methyl sites for hydroxylation is 2. The summed E-state index contributed by atoms with van der Waals surface area (Å²) < 4.78 is 1.71. The second-order valence-corrected chi connectivity index (χ2v) is 5.03. The number of halogens is 1. The van der Waals surface area contributed by atoms with Gasteiger partial charge in [-0.25, -0.2) is 0 Å². The molecule has 0 amide bonds. The van der Waals surface area contributed by atoms with E-state index in [0.29, 0.717) is 11.0 Å². The number of rotatable bonds is 1. The van der Waals surface area contributed by atoms with Gasteiger partial charge in [-0.1, -0.05) is 35.4 Å². The number of aromatic nitrogens is 4. The molecule has 0 unspecified atom stereocenters. The lowest BCUT2D eigenvalue weighted by molar-refractivity contribution is 0.919. The molecule has 0 N–H and O–H groups in total. The maximum Gasteiger partial charge on any atom is 0.185 e. The van der Waals surface area contributed by atoms with Crippen LogP contribution in [0.2, 0.25) is 5.15 Å². The standard InChI is InChI=1S/C14H13ClN4/c1-8-5-4-6-11(7-8)14-17-16-13-10(3)9(2)12(15)18-19(13)14/h4-7H,1-3H3. The molecular formula is C14H13ClN4. The van der Waals surface area contributed by atoms with Gasteiger partial charge >= 0.3 is 0 Å². The van der Waals surface area contributed by atoms with Crippen LogP contribution >= 0.6 is 11.6 Å². The number of hydrogen-bond donors (Lipinski definition) is 0. The van der Waals surface area contributed by atoms with Crippen LogP contribution < -0.4 is 0 Å². The van der Waals surface area contributed by atoms with Gasteiger partial charge in [-0.15, -0.1) is 10.2 Å². The van der Waals surface area contributed by atoms with Gasteiger partial charge in [0, 0.05) is 11.1 Å². The van der Waals surface area contributed by atoms with Crippen LogP contribution in [0.5, 0.6) is 0 Å². The Bertz CT molecular complexity index is 776. The zero-order chi connectivity index (χ0) is 13.6. The van der Waals surface area contributed by atoms with Crippen LogP contribution in [0.1, 0.15) is 16.7 Å². The van der Waals surface area contributed by atoms with Crippen molar-refractivity contribution in [3.8, 4) is 11.4 Å². The molecule has 0 aliphatic heterocycles. The van der Waals surface area contributed by atoms with E-state index in [1.165, 1.54) is 5.56 Å². The molecule has 3 aromatic rings. The van der Waals surface area contributed by atoms with Crippen molar-refractivity contribution in [1.29, 1.82) is 0 Å². The van der Waals surface area contributed by atoms with Gasteiger partial charge in [-0.05, 0) is 32.4 Å². The van der Waals surface area contributed by atoms with Gasteiger partial charge in [0.25, 0.3) is 0 Å². The minimum atomic E-state index is 0.485. The molecule has 0 aliphatic carbocycles. The molecule has 0 saturated heterocycles. The number of nitrogens with zero attached hydrogens (tertiary/aromatic N) is 4. The Kier molecular flexibility index (Phi) is 2.75. The molecule has 0 bridgehead atoms. The Morgan fingerprint density at radius 2 is 1.84 bits per heavy atom. The minimum absolute atomic E-state index is 0.485. The van der Waals surface area contributed by atoms with Crippen LogP contribution in [-0.4, -0.2) is 19.8 Å². The van der Waals surface area contributed by atoms with Crippen molar-refractivity contribution in [2.45, 2.75) is 20.8 Å². The molecule has 1 aromatic carbocycles. The van der Waals surface area contributed by atoms with E-state index in [4.69, 9.17) is 11.6 Å². The predicted molar refractivity (Wildman–Crippen MR) is 75.4 cm³/mol. The summed E-state index contributed by atoms with van der Waals surface area (Å²) in [7, 11) is 0. The van der Waals surface area contributed by atoms with Gasteiger partial charge in [0.05, 0.1) is 0 Å². The summed E-state index contributed by atoms with van der Waals surface area (Å²) >= 11 is 6.15. The van der Waals surface area contributed by atoms with E-state index in [2.05, 4.69) is 21.4 Å². The fraction of sp³-hybridized carbons (Fsp3) is 0.214. The quantitative estimate of drug-likeness (QED) is 0.682. The van der Waals surface area contributed by atoms with Gasteiger partial charge in [0.2, 0.25) is 0 Å². The van der Waals surface area contributed by atoms with Crippen molar-refractivity contribution >= 4 is 17.2 Å². The van der Waals surface area contributed by atoms with Crippen molar-refractivity contribution in [2.75, 3.05) is 0 Å². The van der Waals surface area contributed by atoms with Crippen molar-refractivity contribution in [1.82, 2.24) is 19.8 Å². The van der Waals surface area contributed by atoms with Crippen molar-refractivity contribution in [3.05, 3.63) is 46.1 Å². The number of hydrogen-bond acceptors (Lipinski definition) is 3. The van der Waals surface area contributed by atoms with E-state index in [-0.39, 0.29) is 0 Å². The SMILES string of the molecule is Cc1cccc(-c2nnc3c(C)c(C)c(Cl)nn23)c1. The molecule has 2 aromatic heterocycles. The predicted octanol–water partition coefficient (Wildman–Crippen LogP) is 3.37. The molecule has 4 nitrogen and oxygen atoms in total. The zero-order valence-electron chi connectivity index (χ0n) is 11.0. The first-order chi connectivity index (χ1) is 9.08. The Morgan fingerprint density at radius 3 is 2.58 bits per heavy atom. The summed E-state index contributed by atoms with van der Waals surface area (Å²) in [5, 5.41) is 13.3. The molecule has 5 heteroatoms. The highest BCUT2D eigenvalue weighted by molar-refractivity contribution is 6.30. The van der Waals surface area contributed by atoms with Crippen LogP contribution in [-0.2, 0) is 0 Å². The molecule has 0 saturated carbocycles. The lowest BCUT2D eigenvalue weighted by Crippen LogP contribution is -2.00. The molecule has 19 heavy (non-hydrogen) atoms. The maximum atomic E-state index is 6.15. The van der Waals surface area contributed by atoms with Crippen LogP contribution in [0.25, 0.3) is 17.0 Å². The molecule has 0 atom stereocenters. The average molecular weight is 273 g/mol. The highest BCUT2D eigenvalue weighted by Crippen LogP contribution is 2.24. The smallest absolute Gasteiger partial charge is 0.185 e. The van der Waals surface area contributed by atoms with Crippen LogP contribution in [0, 0.1) is 20.8 Å². The lowest BCUT2D eigenvalue weighted by atomic mass is 10.1. The molecular weight excluding hydrogens is 260 g/mol. The summed E-state index contributed by atoms with van der Waals surface area (Å²) in [5.74, 6) is 0.712. The summed E-state index contributed by atoms with van der Waals surface area (Å²) in [6.45, 7) is 5.96.